The van der Waals surface area contributed by atoms with Gasteiger partial charge in [0.15, 0.2) is 0 Å². The van der Waals surface area contributed by atoms with E-state index in [0.717, 1.165) is 6.42 Å². The summed E-state index contributed by atoms with van der Waals surface area (Å²) in [4.78, 5) is 0. The predicted octanol–water partition coefficient (Wildman–Crippen LogP) is 6.26. The third-order valence-electron chi connectivity index (χ3n) is 4.07. The van der Waals surface area contributed by atoms with Crippen molar-refractivity contribution in [1.29, 1.82) is 0 Å². The van der Waals surface area contributed by atoms with Crippen molar-refractivity contribution >= 4 is 16.4 Å². The molecule has 2 heteroatoms. The highest BCUT2D eigenvalue weighted by molar-refractivity contribution is 7.28. The quantitative estimate of drug-likeness (QED) is 0.571. The first-order chi connectivity index (χ1) is 9.42. The fourth-order valence-electron chi connectivity index (χ4n) is 3.06. The highest BCUT2D eigenvalue weighted by Gasteiger charge is 2.33. The predicted molar refractivity (Wildman–Crippen MR) is 86.3 cm³/mol. The fourth-order valence-corrected chi connectivity index (χ4v) is 4.24. The van der Waals surface area contributed by atoms with Gasteiger partial charge in [-0.1, -0.05) is 52.8 Å². The minimum atomic E-state index is 0.193. The van der Waals surface area contributed by atoms with Gasteiger partial charge >= 0.3 is 0 Å². The molecule has 0 spiro atoms. The van der Waals surface area contributed by atoms with Crippen molar-refractivity contribution in [3.8, 4) is 0 Å². The molecular formula is C17H18P2. The van der Waals surface area contributed by atoms with Gasteiger partial charge in [0, 0.05) is 5.41 Å². The van der Waals surface area contributed by atoms with Gasteiger partial charge in [-0.05, 0) is 60.0 Å². The molecule has 0 bridgehead atoms. The van der Waals surface area contributed by atoms with E-state index in [9.17, 15) is 0 Å². The van der Waals surface area contributed by atoms with E-state index in [4.69, 9.17) is 0 Å². The molecule has 0 amide bonds. The van der Waals surface area contributed by atoms with Crippen molar-refractivity contribution in [1.82, 2.24) is 0 Å². The molecule has 3 rings (SSSR count). The Morgan fingerprint density at radius 2 is 1.37 bits per heavy atom. The van der Waals surface area contributed by atoms with Crippen LogP contribution in [-0.4, -0.2) is 0 Å². The SMILES string of the molecule is C1=CCC(c2ccpcc2)(c2ccpcc2)CCC1. The first-order valence-electron chi connectivity index (χ1n) is 6.88. The van der Waals surface area contributed by atoms with Crippen LogP contribution in [0.3, 0.4) is 0 Å². The van der Waals surface area contributed by atoms with E-state index in [-0.39, 0.29) is 5.41 Å². The maximum absolute atomic E-state index is 2.38. The molecule has 0 atom stereocenters. The second-order valence-corrected chi connectivity index (χ2v) is 6.91. The zero-order valence-corrected chi connectivity index (χ0v) is 12.8. The summed E-state index contributed by atoms with van der Waals surface area (Å²) in [6, 6.07) is 9.34. The van der Waals surface area contributed by atoms with Crippen LogP contribution in [0.15, 0.2) is 59.6 Å². The molecule has 19 heavy (non-hydrogen) atoms. The molecule has 0 unspecified atom stereocenters. The van der Waals surface area contributed by atoms with Gasteiger partial charge in [0.25, 0.3) is 0 Å². The van der Waals surface area contributed by atoms with E-state index < -0.39 is 0 Å². The van der Waals surface area contributed by atoms with Crippen LogP contribution in [0.4, 0.5) is 0 Å². The van der Waals surface area contributed by atoms with Gasteiger partial charge in [-0.2, -0.15) is 0 Å². The Bertz CT molecular complexity index is 506. The van der Waals surface area contributed by atoms with Gasteiger partial charge in [-0.15, -0.1) is 0 Å². The molecule has 1 aliphatic carbocycles. The molecule has 0 radical (unpaired) electrons. The molecule has 0 aromatic carbocycles. The third-order valence-corrected chi connectivity index (χ3v) is 5.36. The van der Waals surface area contributed by atoms with Gasteiger partial charge < -0.3 is 0 Å². The minimum Gasteiger partial charge on any atom is -0.0885 e. The van der Waals surface area contributed by atoms with Crippen molar-refractivity contribution in [3.63, 3.8) is 0 Å². The average Bonchev–Trinajstić information content (AvgIpc) is 2.76. The monoisotopic (exact) mass is 284 g/mol. The number of allylic oxidation sites excluding steroid dienone is 2. The van der Waals surface area contributed by atoms with E-state index in [0.29, 0.717) is 0 Å². The number of hydrogen-bond acceptors (Lipinski definition) is 0. The van der Waals surface area contributed by atoms with E-state index in [2.05, 4.69) is 59.6 Å². The van der Waals surface area contributed by atoms with Crippen molar-refractivity contribution in [2.75, 3.05) is 0 Å². The van der Waals surface area contributed by atoms with Crippen LogP contribution in [-0.2, 0) is 5.41 Å². The Kier molecular flexibility index (Phi) is 4.12. The van der Waals surface area contributed by atoms with Gasteiger partial charge in [0.1, 0.15) is 0 Å². The van der Waals surface area contributed by atoms with Crippen molar-refractivity contribution in [2.24, 2.45) is 0 Å². The van der Waals surface area contributed by atoms with Crippen molar-refractivity contribution < 1.29 is 0 Å². The molecule has 2 aromatic rings. The van der Waals surface area contributed by atoms with E-state index in [1.807, 2.05) is 0 Å². The summed E-state index contributed by atoms with van der Waals surface area (Å²) in [6.07, 6.45) is 9.62. The van der Waals surface area contributed by atoms with Gasteiger partial charge in [0.05, 0.1) is 0 Å². The highest BCUT2D eigenvalue weighted by Crippen LogP contribution is 2.42. The topological polar surface area (TPSA) is 0 Å². The summed E-state index contributed by atoms with van der Waals surface area (Å²) in [5, 5.41) is 0. The molecule has 0 nitrogen and oxygen atoms in total. The van der Waals surface area contributed by atoms with Crippen LogP contribution in [0.5, 0.6) is 0 Å². The lowest BCUT2D eigenvalue weighted by Crippen LogP contribution is -2.26. The van der Waals surface area contributed by atoms with Gasteiger partial charge in [0.2, 0.25) is 0 Å². The molecule has 0 N–H and O–H groups in total. The van der Waals surface area contributed by atoms with Crippen LogP contribution in [0.2, 0.25) is 0 Å². The number of rotatable bonds is 2. The van der Waals surface area contributed by atoms with Crippen molar-refractivity contribution in [2.45, 2.75) is 31.1 Å². The van der Waals surface area contributed by atoms with Gasteiger partial charge in [-0.3, -0.25) is 0 Å². The fraction of sp³-hybridized carbons (Fsp3) is 0.294. The molecule has 2 heterocycles. The van der Waals surface area contributed by atoms with Crippen LogP contribution in [0.25, 0.3) is 0 Å². The average molecular weight is 284 g/mol. The summed E-state index contributed by atoms with van der Waals surface area (Å²) >= 11 is 0. The number of hydrogen-bond donors (Lipinski definition) is 0. The summed E-state index contributed by atoms with van der Waals surface area (Å²) in [5.41, 5.74) is 3.17. The smallest absolute Gasteiger partial charge is 0.0237 e. The normalized spacial score (nSPS) is 17.9. The van der Waals surface area contributed by atoms with Crippen LogP contribution >= 0.6 is 16.4 Å². The molecule has 96 valence electrons. The van der Waals surface area contributed by atoms with Crippen LogP contribution in [0, 0.1) is 0 Å². The molecule has 0 saturated heterocycles. The Morgan fingerprint density at radius 3 is 1.95 bits per heavy atom. The zero-order valence-electron chi connectivity index (χ0n) is 11.0. The Hall–Kier alpha value is -0.960. The zero-order chi connectivity index (χ0) is 13.0. The molecule has 0 saturated carbocycles. The lowest BCUT2D eigenvalue weighted by molar-refractivity contribution is 0.472. The first kappa shape index (κ1) is 13.0. The van der Waals surface area contributed by atoms with Gasteiger partial charge in [-0.25, -0.2) is 0 Å². The van der Waals surface area contributed by atoms with Crippen molar-refractivity contribution in [3.05, 3.63) is 70.7 Å². The van der Waals surface area contributed by atoms with Crippen LogP contribution in [0.1, 0.15) is 36.8 Å². The second-order valence-electron chi connectivity index (χ2n) is 5.12. The maximum Gasteiger partial charge on any atom is 0.0237 e. The second kappa shape index (κ2) is 6.00. The largest absolute Gasteiger partial charge is 0.0885 e. The molecule has 0 fully saturated rings. The molecular weight excluding hydrogens is 266 g/mol. The summed E-state index contributed by atoms with van der Waals surface area (Å²) < 4.78 is 0. The maximum atomic E-state index is 2.38. The van der Waals surface area contributed by atoms with E-state index >= 15 is 0 Å². The first-order valence-corrected chi connectivity index (χ1v) is 8.94. The summed E-state index contributed by atoms with van der Waals surface area (Å²) in [6.45, 7) is 0. The molecule has 0 aliphatic heterocycles. The molecule has 1 aliphatic rings. The lowest BCUT2D eigenvalue weighted by atomic mass is 9.70. The van der Waals surface area contributed by atoms with E-state index in [1.165, 1.54) is 46.8 Å². The lowest BCUT2D eigenvalue weighted by Gasteiger charge is -2.33. The highest BCUT2D eigenvalue weighted by atomic mass is 31.0. The Balaban J connectivity index is 2.13. The van der Waals surface area contributed by atoms with E-state index in [1.54, 1.807) is 0 Å². The standard InChI is InChI=1S/C17H18P2/c1-2-4-10-17(9-3-1,15-5-11-18-12-6-15)16-7-13-19-14-8-16/h1,3,5-8,11-14H,2,4,9-10H2. The van der Waals surface area contributed by atoms with Crippen LogP contribution < -0.4 is 0 Å². The Morgan fingerprint density at radius 1 is 0.789 bits per heavy atom. The summed E-state index contributed by atoms with van der Waals surface area (Å²) in [5.74, 6) is 9.06. The Labute approximate surface area is 118 Å². The molecule has 2 aromatic heterocycles. The summed E-state index contributed by atoms with van der Waals surface area (Å²) in [7, 11) is 2.62. The minimum absolute atomic E-state index is 0.193. The third kappa shape index (κ3) is 2.66.